The first-order valence-electron chi connectivity index (χ1n) is 17.4. The number of nitrogens with one attached hydrogen (secondary N) is 2. The van der Waals surface area contributed by atoms with Crippen molar-refractivity contribution in [3.05, 3.63) is 143 Å². The molecule has 2 aliphatic rings. The smallest absolute Gasteiger partial charge is 0.0887 e. The molecule has 8 rings (SSSR count). The monoisotopic (exact) mass is 944 g/mol. The Labute approximate surface area is 339 Å². The van der Waals surface area contributed by atoms with E-state index < -0.39 is 5.41 Å². The quantitative estimate of drug-likeness (QED) is 0.155. The summed E-state index contributed by atoms with van der Waals surface area (Å²) in [4.78, 5) is 35.9. The summed E-state index contributed by atoms with van der Waals surface area (Å²) in [5, 5.41) is 0. The van der Waals surface area contributed by atoms with Crippen LogP contribution in [0.2, 0.25) is 0 Å². The number of para-hydroxylation sites is 4. The second kappa shape index (κ2) is 18.5. The van der Waals surface area contributed by atoms with E-state index in [-0.39, 0.29) is 47.5 Å². The predicted molar refractivity (Wildman–Crippen MR) is 209 cm³/mol. The summed E-state index contributed by atoms with van der Waals surface area (Å²) in [5.41, 5.74) is 9.68. The number of nitrogens with zero attached hydrogens (tertiary/aromatic N) is 6. The van der Waals surface area contributed by atoms with Crippen molar-refractivity contribution in [1.29, 1.82) is 0 Å². The second-order valence-corrected chi connectivity index (χ2v) is 13.7. The Morgan fingerprint density at radius 1 is 0.500 bits per heavy atom. The molecule has 1 saturated heterocycles. The van der Waals surface area contributed by atoms with Crippen molar-refractivity contribution in [1.82, 2.24) is 19.9 Å². The van der Waals surface area contributed by atoms with Gasteiger partial charge in [0.25, 0.3) is 0 Å². The summed E-state index contributed by atoms with van der Waals surface area (Å²) < 4.78 is 4.94. The van der Waals surface area contributed by atoms with Gasteiger partial charge in [-0.15, -0.1) is 11.4 Å². The molecule has 0 aliphatic carbocycles. The third-order valence-corrected chi connectivity index (χ3v) is 9.32. The first-order valence-corrected chi connectivity index (χ1v) is 17.4. The maximum absolute atomic E-state index is 4.94. The van der Waals surface area contributed by atoms with Crippen LogP contribution in [-0.2, 0) is 26.5 Å². The van der Waals surface area contributed by atoms with E-state index in [1.54, 1.807) is 12.4 Å². The van der Waals surface area contributed by atoms with E-state index in [0.717, 1.165) is 81.5 Å². The Morgan fingerprint density at radius 3 is 1.26 bits per heavy atom. The molecular weight excluding hydrogens is 903 g/mol. The number of benzene rings is 2. The molecule has 54 heavy (non-hydrogen) atoms. The predicted octanol–water partition coefficient (Wildman–Crippen LogP) is 8.78. The molecule has 0 atom stereocenters. The van der Waals surface area contributed by atoms with Crippen molar-refractivity contribution in [2.45, 2.75) is 51.4 Å². The molecule has 0 amide bonds. The number of aliphatic imine (C=N–C) groups is 4. The van der Waals surface area contributed by atoms with Gasteiger partial charge in [0.15, 0.2) is 0 Å². The summed E-state index contributed by atoms with van der Waals surface area (Å²) in [7, 11) is 0. The summed E-state index contributed by atoms with van der Waals surface area (Å²) in [6, 6.07) is 32.0. The van der Waals surface area contributed by atoms with Gasteiger partial charge in [-0.3, -0.25) is 20.0 Å². The second-order valence-electron chi connectivity index (χ2n) is 13.7. The van der Waals surface area contributed by atoms with Crippen LogP contribution >= 0.6 is 0 Å². The van der Waals surface area contributed by atoms with Crippen LogP contribution < -0.4 is 9.97 Å². The summed E-state index contributed by atoms with van der Waals surface area (Å²) in [5.74, 6) is 0. The largest absolute Gasteiger partial charge is 2.00 e. The first kappa shape index (κ1) is 41.9. The SMILES string of the molecule is C1CCOC1.CC1(C)c2ccc([n-]2)C=Nc2ccccc2N=Cc2ccc([nH]2)C(C)(C)c2ccc([nH]2)C=Nc2ccccc2N=Cc2ccc1[n-]2.[O-2].[O-2].[U]. The summed E-state index contributed by atoms with van der Waals surface area (Å²) in [6.45, 7) is 10.6. The number of fused-ring (bicyclic) bond motifs is 10. The van der Waals surface area contributed by atoms with E-state index in [2.05, 4.69) is 49.8 Å². The Balaban J connectivity index is 0.000000753. The third-order valence-electron chi connectivity index (χ3n) is 9.32. The van der Waals surface area contributed by atoms with Crippen molar-refractivity contribution >= 4 is 47.6 Å². The Bertz CT molecular complexity index is 1920. The molecule has 0 radical (unpaired) electrons. The molecule has 11 nitrogen and oxygen atoms in total. The molecule has 8 bridgehead atoms. The third kappa shape index (κ3) is 9.63. The summed E-state index contributed by atoms with van der Waals surface area (Å²) >= 11 is 0. The molecule has 1 fully saturated rings. The van der Waals surface area contributed by atoms with Crippen LogP contribution in [0.3, 0.4) is 0 Å². The molecule has 0 saturated carbocycles. The van der Waals surface area contributed by atoms with Crippen LogP contribution in [0.25, 0.3) is 0 Å². The zero-order chi connectivity index (χ0) is 35.3. The maximum atomic E-state index is 4.94. The Hall–Kier alpha value is -4.83. The van der Waals surface area contributed by atoms with Gasteiger partial charge < -0.3 is 35.6 Å². The van der Waals surface area contributed by atoms with E-state index in [9.17, 15) is 0 Å². The first-order chi connectivity index (χ1) is 24.8. The molecule has 6 heterocycles. The van der Waals surface area contributed by atoms with Gasteiger partial charge in [-0.05, 0) is 80.6 Å². The average molecular weight is 945 g/mol. The molecule has 0 unspecified atom stereocenters. The van der Waals surface area contributed by atoms with Crippen LogP contribution in [0.15, 0.2) is 117 Å². The average Bonchev–Trinajstić information content (AvgIpc) is 3.99. The van der Waals surface area contributed by atoms with E-state index in [1.165, 1.54) is 12.8 Å². The van der Waals surface area contributed by atoms with Crippen LogP contribution in [0.1, 0.15) is 86.1 Å². The number of ether oxygens (including phenoxy) is 1. The molecule has 2 aliphatic heterocycles. The fourth-order valence-electron chi connectivity index (χ4n) is 6.00. The van der Waals surface area contributed by atoms with Crippen molar-refractivity contribution in [2.24, 2.45) is 20.0 Å². The number of rotatable bonds is 0. The van der Waals surface area contributed by atoms with Gasteiger partial charge in [0, 0.05) is 73.6 Å². The Kier molecular flexibility index (Phi) is 14.3. The van der Waals surface area contributed by atoms with Gasteiger partial charge in [0.1, 0.15) is 0 Å². The maximum Gasteiger partial charge on any atom is 0.0887 e. The standard InChI is InChI=1S/C38H34N8.C4H8O.2O.U/c1-37(2)33-17-13-25(43-33)21-39-29-9-5-7-11-31(29)41-23-27-15-19-35(45-27)38(3,4)36-20-16-28(46-36)24-42-32-12-8-6-10-30(32)40-22-26-14-18-34(37)44-26;1-2-4-5-3-1;;;/h5-24,43-44H,1-4H3;1-4H2;;;/q-2;;2*-2;. The number of hydrogen-bond acceptors (Lipinski definition) is 5. The molecule has 12 heteroatoms. The number of H-pyrrole nitrogens is 2. The van der Waals surface area contributed by atoms with Crippen molar-refractivity contribution in [3.63, 3.8) is 0 Å². The molecule has 2 N–H and O–H groups in total. The molecule has 2 aromatic carbocycles. The van der Waals surface area contributed by atoms with Gasteiger partial charge in [-0.25, -0.2) is 0 Å². The normalized spacial score (nSPS) is 15.3. The van der Waals surface area contributed by atoms with Gasteiger partial charge in [-0.1, -0.05) is 62.4 Å². The number of aromatic amines is 2. The molecule has 4 aromatic heterocycles. The molecule has 6 aromatic rings. The van der Waals surface area contributed by atoms with E-state index in [4.69, 9.17) is 34.7 Å². The molecular formula is C42H42N8O3U-6. The van der Waals surface area contributed by atoms with E-state index >= 15 is 0 Å². The van der Waals surface area contributed by atoms with Gasteiger partial charge in [0.05, 0.1) is 46.6 Å². The fraction of sp³-hybridized carbons (Fsp3) is 0.238. The van der Waals surface area contributed by atoms with Crippen molar-refractivity contribution in [2.75, 3.05) is 13.2 Å². The Morgan fingerprint density at radius 2 is 0.889 bits per heavy atom. The number of aromatic nitrogens is 4. The van der Waals surface area contributed by atoms with Gasteiger partial charge in [-0.2, -0.15) is 11.4 Å². The van der Waals surface area contributed by atoms with E-state index in [1.807, 2.05) is 97.4 Å². The minimum absolute atomic E-state index is 0. The van der Waals surface area contributed by atoms with Crippen molar-refractivity contribution < 1.29 is 46.8 Å². The minimum Gasteiger partial charge on any atom is -2.00 e. The van der Waals surface area contributed by atoms with Crippen LogP contribution in [0.4, 0.5) is 22.7 Å². The van der Waals surface area contributed by atoms with Crippen LogP contribution in [0.5, 0.6) is 0 Å². The van der Waals surface area contributed by atoms with Crippen LogP contribution in [-0.4, -0.2) is 48.0 Å². The minimum atomic E-state index is -0.411. The zero-order valence-electron chi connectivity index (χ0n) is 30.8. The van der Waals surface area contributed by atoms with Crippen LogP contribution in [0, 0.1) is 31.1 Å². The van der Waals surface area contributed by atoms with E-state index in [0.29, 0.717) is 0 Å². The van der Waals surface area contributed by atoms with Gasteiger partial charge in [0.2, 0.25) is 0 Å². The topological polar surface area (TPSA) is 175 Å². The molecule has 278 valence electrons. The molecule has 0 spiro atoms. The van der Waals surface area contributed by atoms with Gasteiger partial charge >= 0.3 is 0 Å². The fourth-order valence-corrected chi connectivity index (χ4v) is 6.00. The number of hydrogen-bond donors (Lipinski definition) is 2. The zero-order valence-corrected chi connectivity index (χ0v) is 34.9. The van der Waals surface area contributed by atoms with Crippen molar-refractivity contribution in [3.8, 4) is 0 Å². The summed E-state index contributed by atoms with van der Waals surface area (Å²) in [6.07, 6.45) is 9.81.